The molecule has 3 atom stereocenters. The van der Waals surface area contributed by atoms with Crippen LogP contribution in [0.4, 0.5) is 5.69 Å². The van der Waals surface area contributed by atoms with Gasteiger partial charge in [0.15, 0.2) is 5.79 Å². The van der Waals surface area contributed by atoms with E-state index in [2.05, 4.69) is 22.0 Å². The molecule has 0 bridgehead atoms. The summed E-state index contributed by atoms with van der Waals surface area (Å²) in [6.45, 7) is 4.98. The lowest BCUT2D eigenvalue weighted by Gasteiger charge is -2.43. The molecule has 0 saturated carbocycles. The lowest BCUT2D eigenvalue weighted by Crippen LogP contribution is -2.56. The lowest BCUT2D eigenvalue weighted by atomic mass is 10.1. The van der Waals surface area contributed by atoms with Gasteiger partial charge in [0.05, 0.1) is 11.6 Å². The smallest absolute Gasteiger partial charge is 0.190 e. The van der Waals surface area contributed by atoms with Gasteiger partial charge < -0.3 is 19.5 Å². The average molecular weight is 302 g/mol. The van der Waals surface area contributed by atoms with E-state index in [0.717, 1.165) is 23.1 Å². The van der Waals surface area contributed by atoms with E-state index in [1.807, 2.05) is 25.1 Å². The number of fused-ring (bicyclic) bond motifs is 1. The fourth-order valence-electron chi connectivity index (χ4n) is 2.94. The molecule has 2 aromatic rings. The van der Waals surface area contributed by atoms with Crippen LogP contribution in [0.25, 0.3) is 10.9 Å². The van der Waals surface area contributed by atoms with E-state index in [-0.39, 0.29) is 6.10 Å². The van der Waals surface area contributed by atoms with Gasteiger partial charge in [-0.15, -0.1) is 0 Å². The first kappa shape index (κ1) is 15.2. The summed E-state index contributed by atoms with van der Waals surface area (Å²) in [5.74, 6) is -1.31. The van der Waals surface area contributed by atoms with Crippen molar-refractivity contribution in [2.75, 3.05) is 25.1 Å². The summed E-state index contributed by atoms with van der Waals surface area (Å²) in [4.78, 5) is 6.64. The van der Waals surface area contributed by atoms with Crippen molar-refractivity contribution in [3.8, 4) is 0 Å². The van der Waals surface area contributed by atoms with E-state index in [0.29, 0.717) is 6.54 Å². The minimum absolute atomic E-state index is 0.00676. The second-order valence-corrected chi connectivity index (χ2v) is 5.95. The summed E-state index contributed by atoms with van der Waals surface area (Å²) in [6, 6.07) is 10.1. The van der Waals surface area contributed by atoms with Gasteiger partial charge in [-0.3, -0.25) is 4.98 Å². The Kier molecular flexibility index (Phi) is 4.04. The third kappa shape index (κ3) is 2.79. The molecule has 1 aromatic carbocycles. The number of aliphatic hydroxyl groups is 1. The molecule has 1 aromatic heterocycles. The van der Waals surface area contributed by atoms with Crippen molar-refractivity contribution in [3.05, 3.63) is 36.5 Å². The molecule has 1 N–H and O–H groups in total. The van der Waals surface area contributed by atoms with E-state index < -0.39 is 11.9 Å². The van der Waals surface area contributed by atoms with E-state index in [9.17, 15) is 5.11 Å². The summed E-state index contributed by atoms with van der Waals surface area (Å²) < 4.78 is 11.1. The largest absolute Gasteiger partial charge is 0.366 e. The number of pyridine rings is 1. The maximum absolute atomic E-state index is 10.4. The minimum atomic E-state index is -1.31. The zero-order chi connectivity index (χ0) is 15.7. The molecule has 5 heteroatoms. The van der Waals surface area contributed by atoms with E-state index in [4.69, 9.17) is 9.47 Å². The maximum atomic E-state index is 10.4. The number of rotatable bonds is 3. The van der Waals surface area contributed by atoms with E-state index in [1.165, 1.54) is 7.11 Å². The van der Waals surface area contributed by atoms with Crippen LogP contribution in [-0.4, -0.2) is 48.3 Å². The first-order valence-corrected chi connectivity index (χ1v) is 7.53. The van der Waals surface area contributed by atoms with Gasteiger partial charge in [0.25, 0.3) is 0 Å². The highest BCUT2D eigenvalue weighted by Gasteiger charge is 2.39. The summed E-state index contributed by atoms with van der Waals surface area (Å²) >= 11 is 0. The predicted octanol–water partition coefficient (Wildman–Crippen LogP) is 2.18. The monoisotopic (exact) mass is 302 g/mol. The molecule has 2 unspecified atom stereocenters. The molecule has 3 rings (SSSR count). The van der Waals surface area contributed by atoms with E-state index >= 15 is 0 Å². The van der Waals surface area contributed by atoms with Crippen LogP contribution >= 0.6 is 0 Å². The molecule has 1 saturated heterocycles. The number of benzene rings is 1. The number of ether oxygens (including phenoxy) is 2. The fourth-order valence-corrected chi connectivity index (χ4v) is 2.94. The van der Waals surface area contributed by atoms with Crippen LogP contribution in [0.2, 0.25) is 0 Å². The first-order chi connectivity index (χ1) is 10.5. The zero-order valence-electron chi connectivity index (χ0n) is 13.2. The van der Waals surface area contributed by atoms with Crippen molar-refractivity contribution in [1.29, 1.82) is 0 Å². The molecule has 0 spiro atoms. The SMILES string of the molecule is COC(C)(O)[C@H]1CN(c2cccc3ncccc23)CC(C)O1. The second kappa shape index (κ2) is 5.83. The van der Waals surface area contributed by atoms with Crippen LogP contribution in [0.3, 0.4) is 0 Å². The minimum Gasteiger partial charge on any atom is -0.366 e. The zero-order valence-corrected chi connectivity index (χ0v) is 13.2. The van der Waals surface area contributed by atoms with E-state index in [1.54, 1.807) is 13.1 Å². The molecular formula is C17H22N2O3. The van der Waals surface area contributed by atoms with Crippen molar-refractivity contribution >= 4 is 16.6 Å². The molecule has 1 aliphatic heterocycles. The van der Waals surface area contributed by atoms with Crippen LogP contribution in [0.5, 0.6) is 0 Å². The molecule has 0 aliphatic carbocycles. The molecule has 5 nitrogen and oxygen atoms in total. The molecule has 1 fully saturated rings. The van der Waals surface area contributed by atoms with Crippen molar-refractivity contribution in [2.24, 2.45) is 0 Å². The van der Waals surface area contributed by atoms with Crippen LogP contribution in [0, 0.1) is 0 Å². The highest BCUT2D eigenvalue weighted by Crippen LogP contribution is 2.30. The van der Waals surface area contributed by atoms with Gasteiger partial charge in [0.1, 0.15) is 6.10 Å². The summed E-state index contributed by atoms with van der Waals surface area (Å²) in [5.41, 5.74) is 2.08. The lowest BCUT2D eigenvalue weighted by molar-refractivity contribution is -0.253. The highest BCUT2D eigenvalue weighted by molar-refractivity contribution is 5.91. The highest BCUT2D eigenvalue weighted by atomic mass is 16.6. The summed E-state index contributed by atoms with van der Waals surface area (Å²) in [7, 11) is 1.49. The molecule has 1 aliphatic rings. The Balaban J connectivity index is 1.96. The number of aromatic nitrogens is 1. The van der Waals surface area contributed by atoms with Gasteiger partial charge in [-0.2, -0.15) is 0 Å². The van der Waals surface area contributed by atoms with Crippen LogP contribution in [0.15, 0.2) is 36.5 Å². The van der Waals surface area contributed by atoms with Crippen molar-refractivity contribution in [3.63, 3.8) is 0 Å². The quantitative estimate of drug-likeness (QED) is 0.881. The predicted molar refractivity (Wildman–Crippen MR) is 85.9 cm³/mol. The van der Waals surface area contributed by atoms with Gasteiger partial charge >= 0.3 is 0 Å². The second-order valence-electron chi connectivity index (χ2n) is 5.95. The Morgan fingerprint density at radius 3 is 2.91 bits per heavy atom. The van der Waals surface area contributed by atoms with Gasteiger partial charge in [-0.25, -0.2) is 0 Å². The van der Waals surface area contributed by atoms with Crippen molar-refractivity contribution < 1.29 is 14.6 Å². The van der Waals surface area contributed by atoms with Crippen LogP contribution in [0.1, 0.15) is 13.8 Å². The van der Waals surface area contributed by atoms with Gasteiger partial charge in [-0.05, 0) is 38.1 Å². The maximum Gasteiger partial charge on any atom is 0.190 e. The third-order valence-corrected chi connectivity index (χ3v) is 4.23. The number of morpholine rings is 1. The summed E-state index contributed by atoms with van der Waals surface area (Å²) in [5, 5.41) is 11.5. The Morgan fingerprint density at radius 1 is 1.32 bits per heavy atom. The van der Waals surface area contributed by atoms with Gasteiger partial charge in [-0.1, -0.05) is 6.07 Å². The first-order valence-electron chi connectivity index (χ1n) is 7.53. The molecule has 22 heavy (non-hydrogen) atoms. The van der Waals surface area contributed by atoms with Crippen molar-refractivity contribution in [1.82, 2.24) is 4.98 Å². The number of anilines is 1. The van der Waals surface area contributed by atoms with Crippen molar-refractivity contribution in [2.45, 2.75) is 31.8 Å². The molecule has 0 radical (unpaired) electrons. The molecule has 118 valence electrons. The Hall–Kier alpha value is -1.69. The fraction of sp³-hybridized carbons (Fsp3) is 0.471. The topological polar surface area (TPSA) is 54.8 Å². The average Bonchev–Trinajstić information content (AvgIpc) is 2.53. The Morgan fingerprint density at radius 2 is 2.14 bits per heavy atom. The van der Waals surface area contributed by atoms with Crippen LogP contribution < -0.4 is 4.90 Å². The van der Waals surface area contributed by atoms with Gasteiger partial charge in [0, 0.05) is 37.5 Å². The molecule has 2 heterocycles. The number of methoxy groups -OCH3 is 1. The Labute approximate surface area is 130 Å². The third-order valence-electron chi connectivity index (χ3n) is 4.23. The normalized spacial score (nSPS) is 25.2. The van der Waals surface area contributed by atoms with Gasteiger partial charge in [0.2, 0.25) is 0 Å². The summed E-state index contributed by atoms with van der Waals surface area (Å²) in [6.07, 6.45) is 1.40. The van der Waals surface area contributed by atoms with Crippen LogP contribution in [-0.2, 0) is 9.47 Å². The number of hydrogen-bond donors (Lipinski definition) is 1. The number of nitrogens with zero attached hydrogens (tertiary/aromatic N) is 2. The molecular weight excluding hydrogens is 280 g/mol. The molecule has 0 amide bonds. The Bertz CT molecular complexity index is 654. The number of hydrogen-bond acceptors (Lipinski definition) is 5. The standard InChI is InChI=1S/C17H22N2O3/c1-12-10-19(11-16(22-12)17(2,20)21-3)15-8-4-7-14-13(15)6-5-9-18-14/h4-9,12,16,20H,10-11H2,1-3H3/t12?,16-,17?/m1/s1.